The third-order valence-electron chi connectivity index (χ3n) is 13.1. The van der Waals surface area contributed by atoms with Gasteiger partial charge in [-0.1, -0.05) is 121 Å². The molecule has 0 aliphatic carbocycles. The van der Waals surface area contributed by atoms with E-state index in [9.17, 15) is 37.5 Å². The Morgan fingerprint density at radius 1 is 0.624 bits per heavy atom. The van der Waals surface area contributed by atoms with E-state index in [1.165, 1.54) is 15.4 Å². The van der Waals surface area contributed by atoms with E-state index in [4.69, 9.17) is 28.6 Å². The maximum atomic E-state index is 11.7. The van der Waals surface area contributed by atoms with Gasteiger partial charge in [-0.15, -0.1) is 0 Å². The van der Waals surface area contributed by atoms with E-state index in [1.54, 1.807) is 128 Å². The Morgan fingerprint density at radius 2 is 1.03 bits per heavy atom. The second-order valence-corrected chi connectivity index (χ2v) is 29.2. The molecule has 1 aliphatic heterocycles. The van der Waals surface area contributed by atoms with Crippen molar-refractivity contribution in [2.75, 3.05) is 6.61 Å². The zero-order chi connectivity index (χ0) is 74.8. The van der Waals surface area contributed by atoms with Crippen molar-refractivity contribution in [1.82, 2.24) is 50.9 Å². The van der Waals surface area contributed by atoms with Crippen molar-refractivity contribution >= 4 is 96.1 Å². The number of hydrogen-bond acceptors (Lipinski definition) is 18. The van der Waals surface area contributed by atoms with Gasteiger partial charge in [-0.05, 0) is 180 Å². The molecule has 564 valence electrons. The topological polar surface area (TPSA) is 327 Å². The molecule has 7 rings (SSSR count). The average Bonchev–Trinajstić information content (AvgIpc) is 1.65. The molecule has 6 aromatic rings. The minimum Gasteiger partial charge on any atom is -1.00 e. The van der Waals surface area contributed by atoms with Gasteiger partial charge in [0.15, 0.2) is 0 Å². The smallest absolute Gasteiger partial charge is 1.00 e. The van der Waals surface area contributed by atoms with Crippen LogP contribution in [0.1, 0.15) is 165 Å². The van der Waals surface area contributed by atoms with E-state index < -0.39 is 57.5 Å². The summed E-state index contributed by atoms with van der Waals surface area (Å²) in [5.41, 5.74) is 2.74. The zero-order valence-corrected chi connectivity index (χ0v) is 69.5. The van der Waals surface area contributed by atoms with Crippen LogP contribution in [0.25, 0.3) is 0 Å². The first-order valence-electron chi connectivity index (χ1n) is 32.2. The number of aromatic nitrogens is 4. The molecular formula is C72H113Br3MgN10O14S. The van der Waals surface area contributed by atoms with Crippen LogP contribution in [0, 0.1) is 7.43 Å². The number of hydrogen-bond donors (Lipinski definition) is 9. The van der Waals surface area contributed by atoms with Gasteiger partial charge in [0, 0.05) is 49.7 Å². The van der Waals surface area contributed by atoms with Crippen LogP contribution in [0.3, 0.4) is 0 Å². The molecule has 3 amide bonds. The van der Waals surface area contributed by atoms with E-state index in [2.05, 4.69) is 124 Å². The monoisotopic (exact) mass is 1630 g/mol. The Kier molecular flexibility index (Phi) is 54.4. The van der Waals surface area contributed by atoms with Gasteiger partial charge in [-0.25, -0.2) is 14.4 Å². The van der Waals surface area contributed by atoms with Gasteiger partial charge in [-0.2, -0.15) is 22.9 Å². The molecular weight excluding hydrogens is 1520 g/mol. The number of carbonyl (C=O) groups excluding carboxylic acids is 5. The molecule has 1 fully saturated rings. The summed E-state index contributed by atoms with van der Waals surface area (Å²) in [6.45, 7) is 36.4. The number of aromatic amines is 1. The Hall–Kier alpha value is -5.67. The summed E-state index contributed by atoms with van der Waals surface area (Å²) in [6.07, 6.45) is 6.03. The number of halogens is 3. The van der Waals surface area contributed by atoms with E-state index in [0.717, 1.165) is 39.4 Å². The summed E-state index contributed by atoms with van der Waals surface area (Å²) in [6, 6.07) is 38.9. The second-order valence-electron chi connectivity index (χ2n) is 25.9. The number of nitrogens with zero attached hydrogens (tertiary/aromatic N) is 4. The van der Waals surface area contributed by atoms with Crippen molar-refractivity contribution in [1.29, 1.82) is 0 Å². The average molecular weight is 1640 g/mol. The predicted octanol–water partition coefficient (Wildman–Crippen LogP) is 9.49. The van der Waals surface area contributed by atoms with Crippen LogP contribution in [0.4, 0.5) is 14.4 Å². The van der Waals surface area contributed by atoms with Gasteiger partial charge in [0.05, 0.1) is 76.5 Å². The Bertz CT molecular complexity index is 3210. The summed E-state index contributed by atoms with van der Waals surface area (Å²) >= 11 is 6.61. The molecule has 4 unspecified atom stereocenters. The number of nitrogens with one attached hydrogen (secondary N) is 6. The molecule has 1 saturated heterocycles. The number of ether oxygens (including phenoxy) is 3. The van der Waals surface area contributed by atoms with Crippen LogP contribution in [-0.2, 0) is 53.1 Å². The van der Waals surface area contributed by atoms with Crippen molar-refractivity contribution in [2.45, 2.75) is 229 Å². The molecule has 4 aromatic carbocycles. The maximum Gasteiger partial charge on any atom is 2.00 e. The van der Waals surface area contributed by atoms with Crippen molar-refractivity contribution < 1.29 is 83.1 Å². The normalized spacial score (nSPS) is 15.7. The predicted molar refractivity (Wildman–Crippen MR) is 404 cm³/mol. The SMILES string of the molecule is Brc1cn[nH]c1.CC(O)[C@H](C)NC(=O)OC(C)(C)C.CC(O)[C@H](C)NCc1ccccc1.CC([C@H](C)NCc1ccccc1)n1cc(Br)cn1.CC1OS(=O)(=O)N(Cc2ccccc2)[C@H]1C.C[C@@H](C=O)NC(=O)OC(C)(C)C.C[C@@H](CO)NC(=O)OC(C)(C)C.O=Cc1ccccc1.[Br-].[CH3-].[Mg+2]. The first kappa shape index (κ1) is 102. The Morgan fingerprint density at radius 3 is 1.35 bits per heavy atom. The number of benzene rings is 4. The van der Waals surface area contributed by atoms with E-state index in [0.29, 0.717) is 24.9 Å². The molecule has 101 heavy (non-hydrogen) atoms. The van der Waals surface area contributed by atoms with Gasteiger partial charge in [0.2, 0.25) is 0 Å². The number of amides is 3. The quantitative estimate of drug-likeness (QED) is 0.0167. The Balaban J connectivity index is -0.000000538. The first-order chi connectivity index (χ1) is 45.6. The second kappa shape index (κ2) is 54.0. The standard InChI is InChI=1S/C14H18BrN3.C11H15NO3S.C11H17NO.C9H19NO3.C8H17NO3.C8H15NO3.C7H6O.C3H3BrN2.CH3.BrH.Mg/c1-11(12(2)18-10-14(15)9-17-18)16-8-13-6-4-3-5-7-13;1-9-10(2)15-16(13,14)12(9)8-11-6-4-3-5-7-11;1-9(10(2)13)12-8-11-6-4-3-5-7-11;1-6(7(2)11)10-8(12)13-9(3,4)5;2*1-6(5-10)9-7(11)12-8(2,3)4;8-6-7-4-2-1-3-5-7;4-3-1-5-6-2-3;;;/h3-7,9-12,16H,8H2,1-2H3;3-7,9-10H,8H2,1-2H3;3-7,9-10,12-13H,8H2,1-2H3;6-7,11H,1-5H3,(H,10,12);6,10H,5H2,1-4H3,(H,9,11);5-6H,1-4H3,(H,9,11);1-6H;1-2H,(H,5,6);1H3;1H;/q;;;;;;;;-1;;+2/p-1/t11-,12?;2*9-,10?;6-,7?;2*6-;;;;;/m000000...../s1. The minimum atomic E-state index is -3.55. The van der Waals surface area contributed by atoms with Crippen LogP contribution >= 0.6 is 31.9 Å². The third kappa shape index (κ3) is 52.0. The fourth-order valence-corrected chi connectivity index (χ4v) is 9.12. The Labute approximate surface area is 645 Å². The molecule has 2 aromatic heterocycles. The van der Waals surface area contributed by atoms with Gasteiger partial charge in [0.1, 0.15) is 29.4 Å². The van der Waals surface area contributed by atoms with Crippen LogP contribution in [0.2, 0.25) is 0 Å². The number of rotatable bonds is 18. The summed E-state index contributed by atoms with van der Waals surface area (Å²) in [4.78, 5) is 53.2. The van der Waals surface area contributed by atoms with Crippen LogP contribution in [0.15, 0.2) is 155 Å². The van der Waals surface area contributed by atoms with Gasteiger partial charge < -0.3 is 85.3 Å². The summed E-state index contributed by atoms with van der Waals surface area (Å²) in [5.74, 6) is 0. The van der Waals surface area contributed by atoms with Crippen molar-refractivity contribution in [3.8, 4) is 0 Å². The van der Waals surface area contributed by atoms with E-state index in [1.807, 2.05) is 104 Å². The fourth-order valence-electron chi connectivity index (χ4n) is 7.07. The largest absolute Gasteiger partial charge is 2.00 e. The van der Waals surface area contributed by atoms with Gasteiger partial charge >= 0.3 is 51.6 Å². The molecule has 3 heterocycles. The summed E-state index contributed by atoms with van der Waals surface area (Å²) in [5, 5.41) is 51.7. The number of aliphatic hydroxyl groups excluding tert-OH is 3. The number of H-pyrrole nitrogens is 1. The van der Waals surface area contributed by atoms with E-state index in [-0.39, 0.29) is 90.4 Å². The van der Waals surface area contributed by atoms with Crippen LogP contribution in [0.5, 0.6) is 0 Å². The maximum absolute atomic E-state index is 11.7. The number of aliphatic hydroxyl groups is 3. The molecule has 0 spiro atoms. The number of aldehydes is 2. The van der Waals surface area contributed by atoms with Crippen molar-refractivity contribution in [3.05, 3.63) is 185 Å². The van der Waals surface area contributed by atoms with Gasteiger partial charge in [-0.3, -0.25) is 18.8 Å². The van der Waals surface area contributed by atoms with Crippen molar-refractivity contribution in [3.63, 3.8) is 0 Å². The molecule has 24 nitrogen and oxygen atoms in total. The molecule has 0 saturated carbocycles. The van der Waals surface area contributed by atoms with Crippen LogP contribution in [-0.4, -0.2) is 180 Å². The zero-order valence-electron chi connectivity index (χ0n) is 62.5. The third-order valence-corrected chi connectivity index (χ3v) is 15.5. The summed E-state index contributed by atoms with van der Waals surface area (Å²) in [7, 11) is -3.55. The first-order valence-corrected chi connectivity index (χ1v) is 35.1. The molecule has 29 heteroatoms. The summed E-state index contributed by atoms with van der Waals surface area (Å²) < 4.78 is 48.6. The molecule has 1 aliphatic rings. The number of carbonyl (C=O) groups is 5. The van der Waals surface area contributed by atoms with Gasteiger partial charge in [0.25, 0.3) is 0 Å². The van der Waals surface area contributed by atoms with Crippen LogP contribution < -0.4 is 43.6 Å². The fraction of sp³-hybridized carbons (Fsp3) is 0.500. The van der Waals surface area contributed by atoms with E-state index >= 15 is 0 Å². The molecule has 0 bridgehead atoms. The van der Waals surface area contributed by atoms with Crippen molar-refractivity contribution in [2.24, 2.45) is 0 Å². The molecule has 10 atom stereocenters. The number of alkyl carbamates (subject to hydrolysis) is 3. The minimum absolute atomic E-state index is 0. The molecule has 9 N–H and O–H groups in total. The molecule has 0 radical (unpaired) electrons.